The number of nitrogens with one attached hydrogen (secondary N) is 4. The van der Waals surface area contributed by atoms with E-state index in [9.17, 15) is 27.9 Å². The minimum absolute atomic E-state index is 0.0542. The molecule has 0 unspecified atom stereocenters. The Balaban J connectivity index is 1.41. The number of β-lactam (4-membered cyclic amide) rings is 1. The number of carbonyl (C=O) groups is 3. The van der Waals surface area contributed by atoms with E-state index in [4.69, 9.17) is 25.3 Å². The van der Waals surface area contributed by atoms with Gasteiger partial charge in [0.05, 0.1) is 5.54 Å². The first-order chi connectivity index (χ1) is 21.2. The first-order valence-electron chi connectivity index (χ1n) is 13.4. The van der Waals surface area contributed by atoms with Crippen LogP contribution in [0.15, 0.2) is 34.8 Å². The van der Waals surface area contributed by atoms with Crippen molar-refractivity contribution in [1.29, 1.82) is 5.41 Å². The molecular weight excluding hydrogens is 636 g/mol. The molecule has 3 atom stereocenters. The van der Waals surface area contributed by atoms with Gasteiger partial charge in [-0.3, -0.25) is 19.6 Å². The van der Waals surface area contributed by atoms with E-state index in [1.807, 2.05) is 0 Å². The van der Waals surface area contributed by atoms with Gasteiger partial charge in [0.25, 0.3) is 17.9 Å². The lowest BCUT2D eigenvalue weighted by Crippen LogP contribution is -2.76. The molecule has 2 fully saturated rings. The van der Waals surface area contributed by atoms with Crippen molar-refractivity contribution in [2.75, 3.05) is 25.4 Å². The van der Waals surface area contributed by atoms with Crippen LogP contribution in [-0.2, 0) is 33.9 Å². The zero-order chi connectivity index (χ0) is 32.9. The van der Waals surface area contributed by atoms with Gasteiger partial charge < -0.3 is 36.4 Å². The van der Waals surface area contributed by atoms with Crippen molar-refractivity contribution in [2.24, 2.45) is 5.16 Å². The van der Waals surface area contributed by atoms with Crippen LogP contribution < -0.4 is 26.4 Å². The van der Waals surface area contributed by atoms with Crippen LogP contribution in [0.3, 0.4) is 0 Å². The smallest absolute Gasteiger partial charge is 0.418 e. The summed E-state index contributed by atoms with van der Waals surface area (Å²) in [4.78, 5) is 46.7. The minimum Gasteiger partial charge on any atom is -0.489 e. The van der Waals surface area contributed by atoms with Crippen LogP contribution >= 0.6 is 11.3 Å². The number of amidine groups is 1. The van der Waals surface area contributed by atoms with E-state index in [1.165, 1.54) is 19.2 Å². The number of amides is 2. The molecule has 1 aromatic carbocycles. The first-order valence-corrected chi connectivity index (χ1v) is 15.7. The number of thiazole rings is 1. The quantitative estimate of drug-likeness (QED) is 0.0466. The number of ether oxygens (including phenoxy) is 1. The van der Waals surface area contributed by atoms with Crippen molar-refractivity contribution >= 4 is 56.2 Å². The molecule has 0 bridgehead atoms. The molecule has 2 aliphatic heterocycles. The van der Waals surface area contributed by atoms with Crippen LogP contribution in [0.5, 0.6) is 5.75 Å². The third-order valence-electron chi connectivity index (χ3n) is 6.84. The van der Waals surface area contributed by atoms with Crippen molar-refractivity contribution < 1.29 is 46.3 Å². The lowest BCUT2D eigenvalue weighted by molar-refractivity contribution is -0.218. The van der Waals surface area contributed by atoms with Crippen LogP contribution in [0.2, 0.25) is 0 Å². The lowest BCUT2D eigenvalue weighted by atomic mass is 9.84. The van der Waals surface area contributed by atoms with Crippen molar-refractivity contribution in [1.82, 2.24) is 26.0 Å². The second-order valence-corrected chi connectivity index (χ2v) is 12.4. The predicted octanol–water partition coefficient (Wildman–Crippen LogP) is -0.515. The van der Waals surface area contributed by atoms with Gasteiger partial charge >= 0.3 is 16.4 Å². The Morgan fingerprint density at radius 1 is 1.31 bits per heavy atom. The van der Waals surface area contributed by atoms with Crippen LogP contribution in [0.4, 0.5) is 5.13 Å². The number of carboxylic acid groups (broad SMARTS) is 1. The number of nitrogen functional groups attached to an aromatic ring is 1. The highest BCUT2D eigenvalue weighted by Gasteiger charge is 2.58. The Morgan fingerprint density at radius 3 is 2.58 bits per heavy atom. The molecule has 1 aromatic heterocycles. The molecule has 18 nitrogen and oxygen atoms in total. The number of rotatable bonds is 13. The molecule has 2 aliphatic rings. The second kappa shape index (κ2) is 13.7. The fourth-order valence-electron chi connectivity index (χ4n) is 4.44. The highest BCUT2D eigenvalue weighted by molar-refractivity contribution is 7.80. The fourth-order valence-corrected chi connectivity index (χ4v) is 5.44. The van der Waals surface area contributed by atoms with Crippen molar-refractivity contribution in [3.8, 4) is 5.75 Å². The molecule has 0 spiro atoms. The number of piperidine rings is 1. The average molecular weight is 669 g/mol. The van der Waals surface area contributed by atoms with Crippen LogP contribution in [0, 0.1) is 5.41 Å². The van der Waals surface area contributed by atoms with Gasteiger partial charge in [0.1, 0.15) is 29.9 Å². The monoisotopic (exact) mass is 668 g/mol. The summed E-state index contributed by atoms with van der Waals surface area (Å²) in [6.45, 7) is 3.91. The number of carbonyl (C=O) groups excluding carboxylic acids is 2. The van der Waals surface area contributed by atoms with E-state index in [0.29, 0.717) is 10.6 Å². The molecular formula is C25H32N8O10S2. The molecule has 3 heterocycles. The number of carboxylic acids is 1. The topological polar surface area (TPSA) is 268 Å². The SMILES string of the molecule is CC1(C)[C@H](NC(=O)/C(=N\O[C@@H](COc2ccc(C(=N)N[C@@H]3CCCNC3)cc2)C(=O)O)c2csc(N)n2)C(=O)N1OS(=O)(=O)O. The predicted molar refractivity (Wildman–Crippen MR) is 159 cm³/mol. The maximum atomic E-state index is 13.2. The van der Waals surface area contributed by atoms with Crippen LogP contribution in [0.1, 0.15) is 37.9 Å². The number of hydroxylamine groups is 2. The number of anilines is 1. The average Bonchev–Trinajstić information content (AvgIpc) is 3.41. The fraction of sp³-hybridized carbons (Fsp3) is 0.440. The number of aliphatic carboxylic acids is 1. The van der Waals surface area contributed by atoms with Gasteiger partial charge in [-0.2, -0.15) is 13.5 Å². The van der Waals surface area contributed by atoms with Gasteiger partial charge in [-0.15, -0.1) is 15.6 Å². The summed E-state index contributed by atoms with van der Waals surface area (Å²) in [7, 11) is -5.02. The molecule has 2 amide bonds. The summed E-state index contributed by atoms with van der Waals surface area (Å²) < 4.78 is 40.9. The molecule has 0 aliphatic carbocycles. The third kappa shape index (κ3) is 8.42. The first kappa shape index (κ1) is 33.5. The highest BCUT2D eigenvalue weighted by Crippen LogP contribution is 2.33. The summed E-state index contributed by atoms with van der Waals surface area (Å²) in [5, 5.41) is 32.3. The number of hydrogen-bond donors (Lipinski definition) is 7. The Kier molecular flexibility index (Phi) is 10.2. The molecule has 4 rings (SSSR count). The van der Waals surface area contributed by atoms with Gasteiger partial charge in [0, 0.05) is 23.5 Å². The number of hydrogen-bond acceptors (Lipinski definition) is 14. The number of nitrogens with two attached hydrogens (primary N) is 1. The lowest BCUT2D eigenvalue weighted by Gasteiger charge is -2.50. The Hall–Kier alpha value is -4.37. The van der Waals surface area contributed by atoms with Gasteiger partial charge in [0.2, 0.25) is 0 Å². The van der Waals surface area contributed by atoms with Crippen LogP contribution in [0.25, 0.3) is 0 Å². The molecule has 0 saturated carbocycles. The standard InChI is InChI=1S/C25H32N8O10S2/c1-25(2)19(22(35)33(25)43-45(38,39)40)31-21(34)18(16-12-44-24(27)30-16)32-42-17(23(36)37)11-41-15-7-5-13(6-8-15)20(26)29-14-4-3-9-28-10-14/h5-8,12,14,17,19,28H,3-4,9-11H2,1-2H3,(H2,26,29)(H2,27,30)(H,31,34)(H,36,37)(H,38,39,40)/b32-18-/t14-,17+,19-/m1/s1. The van der Waals surface area contributed by atoms with E-state index < -0.39 is 58.2 Å². The van der Waals surface area contributed by atoms with Crippen molar-refractivity contribution in [3.63, 3.8) is 0 Å². The Labute approximate surface area is 261 Å². The largest absolute Gasteiger partial charge is 0.489 e. The number of oxime groups is 1. The molecule has 2 saturated heterocycles. The van der Waals surface area contributed by atoms with Crippen molar-refractivity contribution in [2.45, 2.75) is 50.4 Å². The number of aromatic nitrogens is 1. The van der Waals surface area contributed by atoms with Crippen molar-refractivity contribution in [3.05, 3.63) is 40.9 Å². The summed E-state index contributed by atoms with van der Waals surface area (Å²) in [5.74, 6) is -2.95. The molecule has 8 N–H and O–H groups in total. The molecule has 244 valence electrons. The van der Waals surface area contributed by atoms with Crippen LogP contribution in [-0.4, -0.2) is 101 Å². The van der Waals surface area contributed by atoms with Gasteiger partial charge in [-0.25, -0.2) is 9.78 Å². The Morgan fingerprint density at radius 2 is 2.02 bits per heavy atom. The number of benzene rings is 1. The van der Waals surface area contributed by atoms with Gasteiger partial charge in [-0.05, 0) is 57.5 Å². The minimum atomic E-state index is -5.02. The zero-order valence-corrected chi connectivity index (χ0v) is 25.7. The third-order valence-corrected chi connectivity index (χ3v) is 7.85. The summed E-state index contributed by atoms with van der Waals surface area (Å²) in [5.41, 5.74) is 4.24. The summed E-state index contributed by atoms with van der Waals surface area (Å²) >= 11 is 0.954. The normalized spacial score (nSPS) is 20.5. The second-order valence-electron chi connectivity index (χ2n) is 10.5. The van der Waals surface area contributed by atoms with E-state index in [-0.39, 0.29) is 28.5 Å². The van der Waals surface area contributed by atoms with Gasteiger partial charge in [-0.1, -0.05) is 5.16 Å². The molecule has 45 heavy (non-hydrogen) atoms. The summed E-state index contributed by atoms with van der Waals surface area (Å²) in [6.07, 6.45) is 0.281. The van der Waals surface area contributed by atoms with Gasteiger partial charge in [0.15, 0.2) is 10.8 Å². The zero-order valence-electron chi connectivity index (χ0n) is 24.1. The van der Waals surface area contributed by atoms with E-state index in [2.05, 4.69) is 30.4 Å². The Bertz CT molecular complexity index is 1570. The number of nitrogens with zero attached hydrogens (tertiary/aromatic N) is 3. The highest BCUT2D eigenvalue weighted by atomic mass is 32.3. The molecule has 2 aromatic rings. The molecule has 20 heteroatoms. The van der Waals surface area contributed by atoms with E-state index in [1.54, 1.807) is 24.3 Å². The molecule has 0 radical (unpaired) electrons. The maximum Gasteiger partial charge on any atom is 0.418 e. The van der Waals surface area contributed by atoms with E-state index in [0.717, 1.165) is 37.3 Å². The maximum absolute atomic E-state index is 13.2. The summed E-state index contributed by atoms with van der Waals surface area (Å²) in [6, 6.07) is 5.25. The van der Waals surface area contributed by atoms with E-state index >= 15 is 0 Å².